The number of ether oxygens (including phenoxy) is 1. The summed E-state index contributed by atoms with van der Waals surface area (Å²) in [5, 5.41) is 6.58. The molecule has 0 aromatic carbocycles. The monoisotopic (exact) mass is 309 g/mol. The first-order valence-corrected chi connectivity index (χ1v) is 8.27. The van der Waals surface area contributed by atoms with Crippen molar-refractivity contribution in [3.05, 3.63) is 18.2 Å². The Bertz CT molecular complexity index is 428. The smallest absolute Gasteiger partial charge is 0.191 e. The van der Waals surface area contributed by atoms with Crippen LogP contribution in [0.25, 0.3) is 0 Å². The lowest BCUT2D eigenvalue weighted by atomic mass is 10.2. The molecule has 6 nitrogen and oxygen atoms in total. The van der Waals surface area contributed by atoms with Gasteiger partial charge >= 0.3 is 0 Å². The Hall–Kier alpha value is -1.56. The number of nitrogens with one attached hydrogen (secondary N) is 2. The number of aliphatic imine (C=N–C) groups is 1. The van der Waals surface area contributed by atoms with Crippen molar-refractivity contribution in [2.75, 3.05) is 26.3 Å². The maximum absolute atomic E-state index is 5.33. The number of nitrogens with zero attached hydrogens (tertiary/aromatic N) is 3. The van der Waals surface area contributed by atoms with Crippen molar-refractivity contribution < 1.29 is 4.74 Å². The molecule has 0 spiro atoms. The standard InChI is InChI=1S/C16H31N5O/c1-5-17-16(19-8-7-11-22-6-2)20-12-15-18-9-10-21(15)13-14(3)4/h9-10,14H,5-8,11-13H2,1-4H3,(H2,17,19,20). The van der Waals surface area contributed by atoms with Crippen LogP contribution in [0.3, 0.4) is 0 Å². The van der Waals surface area contributed by atoms with Crippen LogP contribution >= 0.6 is 0 Å². The molecule has 1 aromatic heterocycles. The fraction of sp³-hybridized carbons (Fsp3) is 0.750. The van der Waals surface area contributed by atoms with Gasteiger partial charge in [0.2, 0.25) is 0 Å². The lowest BCUT2D eigenvalue weighted by molar-refractivity contribution is 0.145. The predicted octanol–water partition coefficient (Wildman–Crippen LogP) is 2.02. The van der Waals surface area contributed by atoms with Gasteiger partial charge in [-0.05, 0) is 26.2 Å². The molecule has 0 unspecified atom stereocenters. The normalized spacial score (nSPS) is 12.0. The van der Waals surface area contributed by atoms with Crippen LogP contribution in [0.1, 0.15) is 39.9 Å². The Labute approximate surface area is 134 Å². The van der Waals surface area contributed by atoms with Crippen molar-refractivity contribution in [1.82, 2.24) is 20.2 Å². The molecule has 0 saturated heterocycles. The molecular weight excluding hydrogens is 278 g/mol. The number of imidazole rings is 1. The lowest BCUT2D eigenvalue weighted by Crippen LogP contribution is -2.38. The van der Waals surface area contributed by atoms with Crippen LogP contribution in [0.15, 0.2) is 17.4 Å². The average Bonchev–Trinajstić information content (AvgIpc) is 2.91. The SMILES string of the molecule is CCNC(=NCc1nccn1CC(C)C)NCCCOCC. The van der Waals surface area contributed by atoms with E-state index < -0.39 is 0 Å². The Morgan fingerprint density at radius 1 is 1.36 bits per heavy atom. The first-order chi connectivity index (χ1) is 10.7. The third kappa shape index (κ3) is 7.45. The van der Waals surface area contributed by atoms with E-state index in [0.29, 0.717) is 12.5 Å². The molecule has 0 aliphatic carbocycles. The molecule has 0 atom stereocenters. The van der Waals surface area contributed by atoms with Crippen LogP contribution in [0.2, 0.25) is 0 Å². The molecule has 0 saturated carbocycles. The van der Waals surface area contributed by atoms with Crippen LogP contribution in [0.4, 0.5) is 0 Å². The van der Waals surface area contributed by atoms with Gasteiger partial charge in [0.1, 0.15) is 12.4 Å². The zero-order valence-electron chi connectivity index (χ0n) is 14.4. The third-order valence-corrected chi connectivity index (χ3v) is 3.05. The molecule has 22 heavy (non-hydrogen) atoms. The summed E-state index contributed by atoms with van der Waals surface area (Å²) in [5.74, 6) is 2.43. The second-order valence-electron chi connectivity index (χ2n) is 5.56. The van der Waals surface area contributed by atoms with E-state index in [-0.39, 0.29) is 0 Å². The summed E-state index contributed by atoms with van der Waals surface area (Å²) in [7, 11) is 0. The molecule has 0 bridgehead atoms. The topological polar surface area (TPSA) is 63.5 Å². The van der Waals surface area contributed by atoms with Gasteiger partial charge in [0.05, 0.1) is 0 Å². The van der Waals surface area contributed by atoms with Crippen LogP contribution in [-0.2, 0) is 17.8 Å². The molecule has 0 radical (unpaired) electrons. The van der Waals surface area contributed by atoms with Crippen LogP contribution in [-0.4, -0.2) is 41.8 Å². The number of rotatable bonds is 10. The van der Waals surface area contributed by atoms with Gasteiger partial charge in [0.25, 0.3) is 0 Å². The highest BCUT2D eigenvalue weighted by Crippen LogP contribution is 2.04. The summed E-state index contributed by atoms with van der Waals surface area (Å²) < 4.78 is 7.51. The molecule has 0 aliphatic heterocycles. The Morgan fingerprint density at radius 2 is 2.18 bits per heavy atom. The van der Waals surface area contributed by atoms with E-state index in [4.69, 9.17) is 4.74 Å². The highest BCUT2D eigenvalue weighted by atomic mass is 16.5. The van der Waals surface area contributed by atoms with Gasteiger partial charge in [-0.25, -0.2) is 9.98 Å². The first kappa shape index (κ1) is 18.5. The average molecular weight is 309 g/mol. The minimum absolute atomic E-state index is 0.584. The van der Waals surface area contributed by atoms with E-state index in [1.54, 1.807) is 0 Å². The van der Waals surface area contributed by atoms with Crippen molar-refractivity contribution in [2.24, 2.45) is 10.9 Å². The Morgan fingerprint density at radius 3 is 2.86 bits per heavy atom. The summed E-state index contributed by atoms with van der Waals surface area (Å²) in [6.45, 7) is 13.3. The van der Waals surface area contributed by atoms with Crippen molar-refractivity contribution in [2.45, 2.75) is 47.2 Å². The molecule has 1 rings (SSSR count). The van der Waals surface area contributed by atoms with Crippen LogP contribution in [0, 0.1) is 5.92 Å². The Kier molecular flexibility index (Phi) is 9.30. The van der Waals surface area contributed by atoms with E-state index in [1.807, 2.05) is 19.3 Å². The van der Waals surface area contributed by atoms with E-state index in [1.165, 1.54) is 0 Å². The number of guanidine groups is 1. The largest absolute Gasteiger partial charge is 0.382 e. The molecule has 0 fully saturated rings. The molecule has 0 aliphatic rings. The van der Waals surface area contributed by atoms with E-state index in [9.17, 15) is 0 Å². The van der Waals surface area contributed by atoms with Crippen LogP contribution < -0.4 is 10.6 Å². The lowest BCUT2D eigenvalue weighted by Gasteiger charge is -2.12. The molecule has 0 amide bonds. The summed E-state index contributed by atoms with van der Waals surface area (Å²) in [5.41, 5.74) is 0. The fourth-order valence-electron chi connectivity index (χ4n) is 2.07. The number of hydrogen-bond acceptors (Lipinski definition) is 3. The zero-order valence-corrected chi connectivity index (χ0v) is 14.4. The van der Waals surface area contributed by atoms with E-state index >= 15 is 0 Å². The second kappa shape index (κ2) is 11.1. The molecule has 2 N–H and O–H groups in total. The highest BCUT2D eigenvalue weighted by Gasteiger charge is 2.05. The van der Waals surface area contributed by atoms with Gasteiger partial charge in [-0.2, -0.15) is 0 Å². The molecule has 1 aromatic rings. The number of hydrogen-bond donors (Lipinski definition) is 2. The molecular formula is C16H31N5O. The fourth-order valence-corrected chi connectivity index (χ4v) is 2.07. The van der Waals surface area contributed by atoms with Crippen molar-refractivity contribution in [1.29, 1.82) is 0 Å². The van der Waals surface area contributed by atoms with Gasteiger partial charge in [0.15, 0.2) is 5.96 Å². The second-order valence-corrected chi connectivity index (χ2v) is 5.56. The number of aromatic nitrogens is 2. The summed E-state index contributed by atoms with van der Waals surface area (Å²) >= 11 is 0. The molecule has 1 heterocycles. The maximum Gasteiger partial charge on any atom is 0.191 e. The van der Waals surface area contributed by atoms with E-state index in [0.717, 1.165) is 51.1 Å². The van der Waals surface area contributed by atoms with Gasteiger partial charge in [-0.3, -0.25) is 0 Å². The predicted molar refractivity (Wildman–Crippen MR) is 91.0 cm³/mol. The van der Waals surface area contributed by atoms with Crippen LogP contribution in [0.5, 0.6) is 0 Å². The molecule has 126 valence electrons. The van der Waals surface area contributed by atoms with E-state index in [2.05, 4.69) is 45.9 Å². The van der Waals surface area contributed by atoms with Gasteiger partial charge < -0.3 is 19.9 Å². The molecule has 6 heteroatoms. The Balaban J connectivity index is 2.49. The summed E-state index contributed by atoms with van der Waals surface area (Å²) in [6, 6.07) is 0. The zero-order chi connectivity index (χ0) is 16.2. The summed E-state index contributed by atoms with van der Waals surface area (Å²) in [6.07, 6.45) is 4.84. The highest BCUT2D eigenvalue weighted by molar-refractivity contribution is 5.79. The first-order valence-electron chi connectivity index (χ1n) is 8.27. The maximum atomic E-state index is 5.33. The van der Waals surface area contributed by atoms with Crippen molar-refractivity contribution in [3.8, 4) is 0 Å². The van der Waals surface area contributed by atoms with Crippen molar-refractivity contribution >= 4 is 5.96 Å². The van der Waals surface area contributed by atoms with Gasteiger partial charge in [-0.1, -0.05) is 13.8 Å². The van der Waals surface area contributed by atoms with Crippen molar-refractivity contribution in [3.63, 3.8) is 0 Å². The van der Waals surface area contributed by atoms with Gasteiger partial charge in [-0.15, -0.1) is 0 Å². The minimum atomic E-state index is 0.584. The third-order valence-electron chi connectivity index (χ3n) is 3.05. The summed E-state index contributed by atoms with van der Waals surface area (Å²) in [4.78, 5) is 9.01. The van der Waals surface area contributed by atoms with Gasteiger partial charge in [0, 0.05) is 45.2 Å². The minimum Gasteiger partial charge on any atom is -0.382 e. The quantitative estimate of drug-likeness (QED) is 0.394.